The summed E-state index contributed by atoms with van der Waals surface area (Å²) in [5.74, 6) is 0. The van der Waals surface area contributed by atoms with Gasteiger partial charge in [-0.15, -0.1) is 0 Å². The highest BCUT2D eigenvalue weighted by molar-refractivity contribution is 6.30. The zero-order chi connectivity index (χ0) is 13.7. The SMILES string of the molecule is O=C(NCc1ccc(Cl)cc1)N[C@H]1CCC[C@@H](O)C1. The Kier molecular flexibility index (Phi) is 5.05. The Morgan fingerprint density at radius 3 is 2.74 bits per heavy atom. The maximum absolute atomic E-state index is 11.7. The molecule has 2 atom stereocenters. The number of benzene rings is 1. The second kappa shape index (κ2) is 6.78. The van der Waals surface area contributed by atoms with Gasteiger partial charge < -0.3 is 15.7 Å². The topological polar surface area (TPSA) is 61.4 Å². The maximum atomic E-state index is 11.7. The highest BCUT2D eigenvalue weighted by atomic mass is 35.5. The summed E-state index contributed by atoms with van der Waals surface area (Å²) < 4.78 is 0. The number of carbonyl (C=O) groups excluding carboxylic acids is 1. The van der Waals surface area contributed by atoms with Crippen molar-refractivity contribution in [3.05, 3.63) is 34.9 Å². The first-order valence-electron chi connectivity index (χ1n) is 6.60. The molecule has 0 heterocycles. The number of hydrogen-bond donors (Lipinski definition) is 3. The van der Waals surface area contributed by atoms with E-state index in [2.05, 4.69) is 10.6 Å². The summed E-state index contributed by atoms with van der Waals surface area (Å²) in [6.07, 6.45) is 3.10. The Balaban J connectivity index is 1.73. The van der Waals surface area contributed by atoms with E-state index < -0.39 is 0 Å². The van der Waals surface area contributed by atoms with E-state index in [1.807, 2.05) is 12.1 Å². The van der Waals surface area contributed by atoms with E-state index in [1.165, 1.54) is 0 Å². The Labute approximate surface area is 118 Å². The van der Waals surface area contributed by atoms with Gasteiger partial charge in [0.1, 0.15) is 0 Å². The molecule has 2 amide bonds. The third-order valence-corrected chi connectivity index (χ3v) is 3.60. The zero-order valence-corrected chi connectivity index (χ0v) is 11.5. The highest BCUT2D eigenvalue weighted by Gasteiger charge is 2.21. The first-order valence-corrected chi connectivity index (χ1v) is 6.98. The first kappa shape index (κ1) is 14.2. The van der Waals surface area contributed by atoms with Crippen LogP contribution in [0.3, 0.4) is 0 Å². The largest absolute Gasteiger partial charge is 0.393 e. The van der Waals surface area contributed by atoms with Crippen LogP contribution >= 0.6 is 11.6 Å². The molecule has 0 spiro atoms. The minimum Gasteiger partial charge on any atom is -0.393 e. The van der Waals surface area contributed by atoms with Crippen LogP contribution in [0.5, 0.6) is 0 Å². The van der Waals surface area contributed by atoms with Crippen LogP contribution in [0.25, 0.3) is 0 Å². The van der Waals surface area contributed by atoms with Crippen molar-refractivity contribution in [2.24, 2.45) is 0 Å². The molecule has 0 saturated heterocycles. The van der Waals surface area contributed by atoms with Crippen LogP contribution in [0.2, 0.25) is 5.02 Å². The average Bonchev–Trinajstić information content (AvgIpc) is 2.38. The number of hydrogen-bond acceptors (Lipinski definition) is 2. The van der Waals surface area contributed by atoms with Gasteiger partial charge in [-0.25, -0.2) is 4.79 Å². The van der Waals surface area contributed by atoms with Gasteiger partial charge in [0.2, 0.25) is 0 Å². The number of amides is 2. The first-order chi connectivity index (χ1) is 9.13. The lowest BCUT2D eigenvalue weighted by atomic mass is 9.93. The molecule has 1 aliphatic rings. The third-order valence-electron chi connectivity index (χ3n) is 3.35. The molecule has 0 unspecified atom stereocenters. The Morgan fingerprint density at radius 2 is 2.05 bits per heavy atom. The Bertz CT molecular complexity index is 422. The minimum absolute atomic E-state index is 0.0777. The molecule has 0 radical (unpaired) electrons. The molecule has 1 aliphatic carbocycles. The molecule has 1 aromatic rings. The van der Waals surface area contributed by atoms with Gasteiger partial charge in [-0.1, -0.05) is 23.7 Å². The van der Waals surface area contributed by atoms with E-state index in [4.69, 9.17) is 11.6 Å². The van der Waals surface area contributed by atoms with Crippen molar-refractivity contribution in [1.29, 1.82) is 0 Å². The van der Waals surface area contributed by atoms with Crippen LogP contribution in [0.1, 0.15) is 31.2 Å². The lowest BCUT2D eigenvalue weighted by Gasteiger charge is -2.26. The second-order valence-corrected chi connectivity index (χ2v) is 5.41. The standard InChI is InChI=1S/C14H19ClN2O2/c15-11-6-4-10(5-7-11)9-16-14(19)17-12-2-1-3-13(18)8-12/h4-7,12-13,18H,1-3,8-9H2,(H2,16,17,19)/t12-,13+/m0/s1. The highest BCUT2D eigenvalue weighted by Crippen LogP contribution is 2.18. The van der Waals surface area contributed by atoms with Crippen molar-refractivity contribution in [2.45, 2.75) is 44.4 Å². The Hall–Kier alpha value is -1.26. The molecule has 2 rings (SSSR count). The van der Waals surface area contributed by atoms with E-state index in [1.54, 1.807) is 12.1 Å². The molecule has 104 valence electrons. The maximum Gasteiger partial charge on any atom is 0.315 e. The van der Waals surface area contributed by atoms with Crippen LogP contribution in [0, 0.1) is 0 Å². The second-order valence-electron chi connectivity index (χ2n) is 4.97. The van der Waals surface area contributed by atoms with Crippen molar-refractivity contribution in [3.8, 4) is 0 Å². The van der Waals surface area contributed by atoms with Crippen LogP contribution in [0.4, 0.5) is 4.79 Å². The van der Waals surface area contributed by atoms with Crippen LogP contribution < -0.4 is 10.6 Å². The van der Waals surface area contributed by atoms with E-state index in [0.717, 1.165) is 24.8 Å². The lowest BCUT2D eigenvalue weighted by Crippen LogP contribution is -2.44. The number of aliphatic hydroxyl groups excluding tert-OH is 1. The summed E-state index contributed by atoms with van der Waals surface area (Å²) in [6.45, 7) is 0.471. The van der Waals surface area contributed by atoms with Gasteiger partial charge in [0.15, 0.2) is 0 Å². The van der Waals surface area contributed by atoms with E-state index in [-0.39, 0.29) is 18.2 Å². The fourth-order valence-corrected chi connectivity index (χ4v) is 2.44. The number of aliphatic hydroxyl groups is 1. The van der Waals surface area contributed by atoms with Crippen molar-refractivity contribution in [3.63, 3.8) is 0 Å². The van der Waals surface area contributed by atoms with E-state index in [9.17, 15) is 9.90 Å². The molecule has 1 saturated carbocycles. The molecule has 5 heteroatoms. The molecule has 0 bridgehead atoms. The number of carbonyl (C=O) groups is 1. The molecule has 0 aromatic heterocycles. The summed E-state index contributed by atoms with van der Waals surface area (Å²) >= 11 is 5.79. The average molecular weight is 283 g/mol. The molecule has 19 heavy (non-hydrogen) atoms. The van der Waals surface area contributed by atoms with Gasteiger partial charge in [-0.3, -0.25) is 0 Å². The van der Waals surface area contributed by atoms with Crippen molar-refractivity contribution < 1.29 is 9.90 Å². The predicted octanol–water partition coefficient (Wildman–Crippen LogP) is 2.44. The summed E-state index contributed by atoms with van der Waals surface area (Å²) in [5, 5.41) is 15.9. The summed E-state index contributed by atoms with van der Waals surface area (Å²) in [4.78, 5) is 11.7. The molecular weight excluding hydrogens is 264 g/mol. The van der Waals surface area contributed by atoms with Gasteiger partial charge in [0.25, 0.3) is 0 Å². The minimum atomic E-state index is -0.282. The summed E-state index contributed by atoms with van der Waals surface area (Å²) in [6, 6.07) is 7.25. The monoisotopic (exact) mass is 282 g/mol. The molecule has 1 aromatic carbocycles. The van der Waals surface area contributed by atoms with Gasteiger partial charge >= 0.3 is 6.03 Å². The number of urea groups is 1. The fourth-order valence-electron chi connectivity index (χ4n) is 2.32. The molecule has 1 fully saturated rings. The van der Waals surface area contributed by atoms with Crippen LogP contribution in [-0.2, 0) is 6.54 Å². The van der Waals surface area contributed by atoms with Crippen molar-refractivity contribution in [2.75, 3.05) is 0 Å². The van der Waals surface area contributed by atoms with Crippen LogP contribution in [-0.4, -0.2) is 23.3 Å². The van der Waals surface area contributed by atoms with E-state index in [0.29, 0.717) is 18.0 Å². The fraction of sp³-hybridized carbons (Fsp3) is 0.500. The number of halogens is 1. The molecular formula is C14H19ClN2O2. The number of rotatable bonds is 3. The molecule has 0 aliphatic heterocycles. The summed E-state index contributed by atoms with van der Waals surface area (Å²) in [7, 11) is 0. The van der Waals surface area contributed by atoms with Crippen LogP contribution in [0.15, 0.2) is 24.3 Å². The zero-order valence-electron chi connectivity index (χ0n) is 10.7. The number of nitrogens with one attached hydrogen (secondary N) is 2. The van der Waals surface area contributed by atoms with E-state index >= 15 is 0 Å². The van der Waals surface area contributed by atoms with Crippen molar-refractivity contribution in [1.82, 2.24) is 10.6 Å². The summed E-state index contributed by atoms with van der Waals surface area (Å²) in [5.41, 5.74) is 1.00. The normalized spacial score (nSPS) is 22.8. The predicted molar refractivity (Wildman–Crippen MR) is 75.1 cm³/mol. The van der Waals surface area contributed by atoms with Gasteiger partial charge in [0, 0.05) is 17.6 Å². The van der Waals surface area contributed by atoms with Gasteiger partial charge in [-0.2, -0.15) is 0 Å². The van der Waals surface area contributed by atoms with Crippen molar-refractivity contribution >= 4 is 17.6 Å². The lowest BCUT2D eigenvalue weighted by molar-refractivity contribution is 0.113. The van der Waals surface area contributed by atoms with Gasteiger partial charge in [-0.05, 0) is 43.4 Å². The van der Waals surface area contributed by atoms with Gasteiger partial charge in [0.05, 0.1) is 6.10 Å². The molecule has 3 N–H and O–H groups in total. The molecule has 4 nitrogen and oxygen atoms in total. The smallest absolute Gasteiger partial charge is 0.315 e. The quantitative estimate of drug-likeness (QED) is 0.797. The third kappa shape index (κ3) is 4.73. The Morgan fingerprint density at radius 1 is 1.32 bits per heavy atom.